The van der Waals surface area contributed by atoms with Gasteiger partial charge in [0.25, 0.3) is 11.8 Å². The Bertz CT molecular complexity index is 1030. The highest BCUT2D eigenvalue weighted by atomic mass is 16.5. The van der Waals surface area contributed by atoms with Gasteiger partial charge in [-0.1, -0.05) is 48.5 Å². The minimum absolute atomic E-state index is 0.0342. The van der Waals surface area contributed by atoms with Crippen molar-refractivity contribution in [2.75, 3.05) is 11.9 Å². The number of carbonyl (C=O) groups excluding carboxylic acids is 2. The molecular weight excluding hydrogens is 370 g/mol. The van der Waals surface area contributed by atoms with E-state index in [4.69, 9.17) is 9.26 Å². The monoisotopic (exact) mass is 391 g/mol. The van der Waals surface area contributed by atoms with Crippen LogP contribution >= 0.6 is 0 Å². The fraction of sp³-hybridized carbons (Fsp3) is 0.227. The number of ether oxygens (including phenoxy) is 1. The van der Waals surface area contributed by atoms with Crippen LogP contribution in [0.25, 0.3) is 0 Å². The first-order valence-electron chi connectivity index (χ1n) is 9.49. The maximum Gasteiger partial charge on any atom is 0.274 e. The van der Waals surface area contributed by atoms with Crippen LogP contribution in [0.15, 0.2) is 59.1 Å². The lowest BCUT2D eigenvalue weighted by Crippen LogP contribution is -2.46. The van der Waals surface area contributed by atoms with E-state index in [1.54, 1.807) is 6.07 Å². The number of carbonyl (C=O) groups is 2. The lowest BCUT2D eigenvalue weighted by Gasteiger charge is -2.13. The molecule has 0 saturated carbocycles. The lowest BCUT2D eigenvalue weighted by atomic mass is 10.1. The Morgan fingerprint density at radius 1 is 1.17 bits per heavy atom. The summed E-state index contributed by atoms with van der Waals surface area (Å²) in [6.07, 6.45) is 1.39. The first-order valence-corrected chi connectivity index (χ1v) is 9.49. The predicted molar refractivity (Wildman–Crippen MR) is 107 cm³/mol. The summed E-state index contributed by atoms with van der Waals surface area (Å²) in [5, 5.41) is 9.29. The van der Waals surface area contributed by atoms with Crippen molar-refractivity contribution in [3.63, 3.8) is 0 Å². The summed E-state index contributed by atoms with van der Waals surface area (Å²) in [6, 6.07) is 16.1. The molecule has 0 spiro atoms. The molecule has 7 nitrogen and oxygen atoms in total. The Labute approximate surface area is 168 Å². The second-order valence-corrected chi connectivity index (χ2v) is 6.85. The van der Waals surface area contributed by atoms with Gasteiger partial charge in [0.1, 0.15) is 24.2 Å². The summed E-state index contributed by atoms with van der Waals surface area (Å²) in [5.41, 5.74) is 2.87. The van der Waals surface area contributed by atoms with Crippen LogP contribution in [0.1, 0.15) is 34.3 Å². The second kappa shape index (κ2) is 8.18. The van der Waals surface area contributed by atoms with Gasteiger partial charge in [-0.25, -0.2) is 0 Å². The normalized spacial score (nSPS) is 15.6. The second-order valence-electron chi connectivity index (χ2n) is 6.85. The number of hydrogen-bond acceptors (Lipinski definition) is 5. The summed E-state index contributed by atoms with van der Waals surface area (Å²) >= 11 is 0. The molecule has 2 N–H and O–H groups in total. The topological polar surface area (TPSA) is 93.5 Å². The zero-order valence-electron chi connectivity index (χ0n) is 16.0. The molecule has 0 saturated heterocycles. The minimum atomic E-state index is -0.839. The largest absolute Gasteiger partial charge is 0.489 e. The van der Waals surface area contributed by atoms with E-state index in [0.717, 1.165) is 17.5 Å². The van der Waals surface area contributed by atoms with Crippen molar-refractivity contribution in [3.05, 3.63) is 77.2 Å². The van der Waals surface area contributed by atoms with Crippen molar-refractivity contribution in [2.45, 2.75) is 25.8 Å². The van der Waals surface area contributed by atoms with Gasteiger partial charge in [0.15, 0.2) is 5.69 Å². The molecular formula is C22H21N3O4. The highest BCUT2D eigenvalue weighted by Crippen LogP contribution is 2.28. The third kappa shape index (κ3) is 4.29. The van der Waals surface area contributed by atoms with Gasteiger partial charge < -0.3 is 19.9 Å². The van der Waals surface area contributed by atoms with E-state index in [-0.39, 0.29) is 18.2 Å². The van der Waals surface area contributed by atoms with E-state index in [2.05, 4.69) is 15.8 Å². The number of benzene rings is 2. The molecule has 0 radical (unpaired) electrons. The van der Waals surface area contributed by atoms with Crippen LogP contribution in [0.3, 0.4) is 0 Å². The van der Waals surface area contributed by atoms with Crippen LogP contribution in [0.2, 0.25) is 0 Å². The Hall–Kier alpha value is -3.61. The maximum atomic E-state index is 12.5. The molecule has 0 unspecified atom stereocenters. The van der Waals surface area contributed by atoms with Crippen molar-refractivity contribution >= 4 is 17.5 Å². The van der Waals surface area contributed by atoms with E-state index < -0.39 is 11.9 Å². The lowest BCUT2D eigenvalue weighted by molar-refractivity contribution is -0.118. The smallest absolute Gasteiger partial charge is 0.274 e. The van der Waals surface area contributed by atoms with Crippen LogP contribution in [0.5, 0.6) is 5.75 Å². The summed E-state index contributed by atoms with van der Waals surface area (Å²) in [7, 11) is 0. The van der Waals surface area contributed by atoms with Crippen molar-refractivity contribution in [1.82, 2.24) is 10.5 Å². The van der Waals surface area contributed by atoms with Gasteiger partial charge in [-0.05, 0) is 29.7 Å². The van der Waals surface area contributed by atoms with E-state index in [1.165, 1.54) is 0 Å². The number of fused-ring (bicyclic) bond motifs is 1. The Morgan fingerprint density at radius 3 is 2.79 bits per heavy atom. The first kappa shape index (κ1) is 18.7. The summed E-state index contributed by atoms with van der Waals surface area (Å²) in [6.45, 7) is 2.08. The van der Waals surface area contributed by atoms with E-state index in [9.17, 15) is 9.59 Å². The van der Waals surface area contributed by atoms with Gasteiger partial charge in [-0.15, -0.1) is 0 Å². The summed E-state index contributed by atoms with van der Waals surface area (Å²) in [4.78, 5) is 25.0. The average Bonchev–Trinajstić information content (AvgIpc) is 3.14. The predicted octanol–water partition coefficient (Wildman–Crippen LogP) is 2.96. The molecule has 3 aromatic rings. The van der Waals surface area contributed by atoms with Crippen molar-refractivity contribution < 1.29 is 18.8 Å². The standard InChI is InChI=1S/C22H21N3O4/c1-2-14-8-9-17-20(11-14)28-13-19(22(27)23-17)24-21(26)18-12-16(29-25-18)10-15-6-4-3-5-7-15/h3-9,11-12,19H,2,10,13H2,1H3,(H,23,27)(H,24,26)/t19-/m0/s1. The fourth-order valence-electron chi connectivity index (χ4n) is 3.12. The molecule has 1 aliphatic heterocycles. The molecule has 0 bridgehead atoms. The molecule has 4 rings (SSSR count). The number of hydrogen-bond donors (Lipinski definition) is 2. The molecule has 148 valence electrons. The van der Waals surface area contributed by atoms with Crippen LogP contribution in [-0.2, 0) is 17.6 Å². The Kier molecular flexibility index (Phi) is 5.29. The number of amides is 2. The van der Waals surface area contributed by atoms with E-state index in [1.807, 2.05) is 55.5 Å². The number of nitrogens with one attached hydrogen (secondary N) is 2. The molecule has 2 aromatic carbocycles. The third-order valence-corrected chi connectivity index (χ3v) is 4.75. The molecule has 1 aromatic heterocycles. The summed E-state index contributed by atoms with van der Waals surface area (Å²) in [5.74, 6) is 0.342. The molecule has 2 heterocycles. The zero-order valence-corrected chi connectivity index (χ0v) is 16.0. The van der Waals surface area contributed by atoms with Gasteiger partial charge in [-0.3, -0.25) is 9.59 Å². The van der Waals surface area contributed by atoms with Crippen LogP contribution in [0.4, 0.5) is 5.69 Å². The van der Waals surface area contributed by atoms with Crippen LogP contribution < -0.4 is 15.4 Å². The molecule has 0 aliphatic carbocycles. The number of rotatable bonds is 5. The van der Waals surface area contributed by atoms with E-state index >= 15 is 0 Å². The SMILES string of the molecule is CCc1ccc2c(c1)OC[C@H](NC(=O)c1cc(Cc3ccccc3)on1)C(=O)N2. The molecule has 1 atom stereocenters. The molecule has 0 fully saturated rings. The minimum Gasteiger partial charge on any atom is -0.489 e. The van der Waals surface area contributed by atoms with Crippen molar-refractivity contribution in [3.8, 4) is 5.75 Å². The fourth-order valence-corrected chi connectivity index (χ4v) is 3.12. The quantitative estimate of drug-likeness (QED) is 0.697. The Balaban J connectivity index is 1.41. The van der Waals surface area contributed by atoms with Gasteiger partial charge in [0.05, 0.1) is 5.69 Å². The number of nitrogens with zero attached hydrogens (tertiary/aromatic N) is 1. The average molecular weight is 391 g/mol. The number of anilines is 1. The van der Waals surface area contributed by atoms with E-state index in [0.29, 0.717) is 23.6 Å². The highest BCUT2D eigenvalue weighted by molar-refractivity contribution is 6.01. The number of aromatic nitrogens is 1. The molecule has 1 aliphatic rings. The third-order valence-electron chi connectivity index (χ3n) is 4.75. The van der Waals surface area contributed by atoms with Gasteiger partial charge in [-0.2, -0.15) is 0 Å². The number of aryl methyl sites for hydroxylation is 1. The zero-order chi connectivity index (χ0) is 20.2. The van der Waals surface area contributed by atoms with Gasteiger partial charge in [0, 0.05) is 12.5 Å². The molecule has 2 amide bonds. The highest BCUT2D eigenvalue weighted by Gasteiger charge is 2.27. The molecule has 7 heteroatoms. The van der Waals surface area contributed by atoms with Gasteiger partial charge in [0.2, 0.25) is 0 Å². The first-order chi connectivity index (χ1) is 14.1. The van der Waals surface area contributed by atoms with Crippen molar-refractivity contribution in [1.29, 1.82) is 0 Å². The van der Waals surface area contributed by atoms with Gasteiger partial charge >= 0.3 is 0 Å². The van der Waals surface area contributed by atoms with Crippen LogP contribution in [0, 0.1) is 0 Å². The molecule has 29 heavy (non-hydrogen) atoms. The van der Waals surface area contributed by atoms with Crippen molar-refractivity contribution in [2.24, 2.45) is 0 Å². The summed E-state index contributed by atoms with van der Waals surface area (Å²) < 4.78 is 11.0. The van der Waals surface area contributed by atoms with Crippen LogP contribution in [-0.4, -0.2) is 29.6 Å². The Morgan fingerprint density at radius 2 is 2.00 bits per heavy atom. The maximum absolute atomic E-state index is 12.5.